The summed E-state index contributed by atoms with van der Waals surface area (Å²) in [6.45, 7) is 5.58. The van der Waals surface area contributed by atoms with Crippen LogP contribution < -0.4 is 4.74 Å². The van der Waals surface area contributed by atoms with Crippen LogP contribution in [0.3, 0.4) is 0 Å². The van der Waals surface area contributed by atoms with E-state index in [0.29, 0.717) is 5.92 Å². The molecule has 5 nitrogen and oxygen atoms in total. The van der Waals surface area contributed by atoms with E-state index in [9.17, 15) is 4.79 Å². The van der Waals surface area contributed by atoms with Crippen LogP contribution in [0.25, 0.3) is 0 Å². The molecule has 0 N–H and O–H groups in total. The van der Waals surface area contributed by atoms with Crippen molar-refractivity contribution in [3.05, 3.63) is 65.7 Å². The molecule has 1 atom stereocenters. The van der Waals surface area contributed by atoms with Crippen molar-refractivity contribution in [1.82, 2.24) is 9.80 Å². The van der Waals surface area contributed by atoms with Crippen molar-refractivity contribution in [3.63, 3.8) is 0 Å². The maximum atomic E-state index is 12.7. The zero-order valence-electron chi connectivity index (χ0n) is 18.5. The Morgan fingerprint density at radius 3 is 2.42 bits per heavy atom. The summed E-state index contributed by atoms with van der Waals surface area (Å²) in [7, 11) is 1.72. The summed E-state index contributed by atoms with van der Waals surface area (Å²) >= 11 is 0. The Morgan fingerprint density at radius 1 is 0.968 bits per heavy atom. The van der Waals surface area contributed by atoms with Crippen LogP contribution in [0.1, 0.15) is 35.2 Å². The third-order valence-corrected chi connectivity index (χ3v) is 6.47. The molecule has 2 aromatic carbocycles. The summed E-state index contributed by atoms with van der Waals surface area (Å²) in [6, 6.07) is 18.4. The molecule has 166 valence electrons. The van der Waals surface area contributed by atoms with Gasteiger partial charge in [-0.2, -0.15) is 0 Å². The number of hydrogen-bond donors (Lipinski definition) is 0. The largest absolute Gasteiger partial charge is 0.490 e. The van der Waals surface area contributed by atoms with E-state index in [1.54, 1.807) is 7.11 Å². The van der Waals surface area contributed by atoms with Crippen LogP contribution in [0.4, 0.5) is 0 Å². The molecule has 31 heavy (non-hydrogen) atoms. The molecule has 2 aromatic rings. The van der Waals surface area contributed by atoms with Crippen molar-refractivity contribution in [2.45, 2.75) is 31.8 Å². The fourth-order valence-electron chi connectivity index (χ4n) is 4.62. The smallest absolute Gasteiger partial charge is 0.253 e. The van der Waals surface area contributed by atoms with Crippen molar-refractivity contribution in [1.29, 1.82) is 0 Å². The molecule has 4 rings (SSSR count). The Hall–Kier alpha value is -2.37. The van der Waals surface area contributed by atoms with Crippen molar-refractivity contribution >= 4 is 5.91 Å². The number of hydrogen-bond acceptors (Lipinski definition) is 4. The number of likely N-dealkylation sites (tertiary alicyclic amines) is 2. The predicted octanol–water partition coefficient (Wildman–Crippen LogP) is 3.88. The van der Waals surface area contributed by atoms with Crippen molar-refractivity contribution < 1.29 is 14.3 Å². The summed E-state index contributed by atoms with van der Waals surface area (Å²) in [5.74, 6) is 1.42. The lowest BCUT2D eigenvalue weighted by molar-refractivity contribution is 0.0775. The number of piperidine rings is 1. The highest BCUT2D eigenvalue weighted by Crippen LogP contribution is 2.22. The average molecular weight is 423 g/mol. The van der Waals surface area contributed by atoms with Crippen LogP contribution in [0.2, 0.25) is 0 Å². The topological polar surface area (TPSA) is 42.0 Å². The van der Waals surface area contributed by atoms with Gasteiger partial charge >= 0.3 is 0 Å². The number of nitrogens with zero attached hydrogens (tertiary/aromatic N) is 2. The number of ether oxygens (including phenoxy) is 2. The van der Waals surface area contributed by atoms with Gasteiger partial charge in [0.2, 0.25) is 0 Å². The Bertz CT molecular complexity index is 816. The van der Waals surface area contributed by atoms with Gasteiger partial charge in [-0.05, 0) is 55.5 Å². The number of carbonyl (C=O) groups excluding carboxylic acids is 1. The molecule has 2 fully saturated rings. The summed E-state index contributed by atoms with van der Waals surface area (Å²) in [6.07, 6.45) is 4.47. The average Bonchev–Trinajstić information content (AvgIpc) is 3.28. The van der Waals surface area contributed by atoms with E-state index in [1.165, 1.54) is 5.56 Å². The fourth-order valence-corrected chi connectivity index (χ4v) is 4.62. The molecule has 0 spiro atoms. The van der Waals surface area contributed by atoms with Gasteiger partial charge in [-0.1, -0.05) is 30.3 Å². The lowest BCUT2D eigenvalue weighted by Crippen LogP contribution is -2.39. The molecule has 2 aliphatic rings. The molecule has 5 heteroatoms. The molecule has 2 aliphatic heterocycles. The van der Waals surface area contributed by atoms with Crippen LogP contribution in [-0.4, -0.2) is 68.3 Å². The van der Waals surface area contributed by atoms with Crippen LogP contribution in [-0.2, 0) is 11.2 Å². The Kier molecular flexibility index (Phi) is 7.60. The lowest BCUT2D eigenvalue weighted by atomic mass is 10.1. The van der Waals surface area contributed by atoms with Gasteiger partial charge in [-0.3, -0.25) is 4.79 Å². The first-order chi connectivity index (χ1) is 15.2. The molecular weight excluding hydrogens is 388 g/mol. The van der Waals surface area contributed by atoms with E-state index in [1.807, 2.05) is 29.2 Å². The fraction of sp³-hybridized carbons (Fsp3) is 0.500. The molecule has 2 heterocycles. The number of rotatable bonds is 8. The maximum Gasteiger partial charge on any atom is 0.253 e. The molecule has 2 saturated heterocycles. The molecule has 0 aliphatic carbocycles. The minimum absolute atomic E-state index is 0.108. The van der Waals surface area contributed by atoms with Gasteiger partial charge in [-0.15, -0.1) is 0 Å². The molecule has 0 bridgehead atoms. The first-order valence-electron chi connectivity index (χ1n) is 11.5. The van der Waals surface area contributed by atoms with E-state index in [2.05, 4.69) is 35.2 Å². The molecule has 0 saturated carbocycles. The van der Waals surface area contributed by atoms with Crippen LogP contribution in [0.5, 0.6) is 5.75 Å². The van der Waals surface area contributed by atoms with Gasteiger partial charge in [0, 0.05) is 51.3 Å². The number of carbonyl (C=O) groups is 1. The van der Waals surface area contributed by atoms with E-state index < -0.39 is 0 Å². The third kappa shape index (κ3) is 6.08. The van der Waals surface area contributed by atoms with Crippen molar-refractivity contribution in [2.24, 2.45) is 5.92 Å². The highest BCUT2D eigenvalue weighted by atomic mass is 16.5. The predicted molar refractivity (Wildman–Crippen MR) is 123 cm³/mol. The lowest BCUT2D eigenvalue weighted by Gasteiger charge is -2.32. The Labute approximate surface area is 185 Å². The van der Waals surface area contributed by atoms with E-state index >= 15 is 0 Å². The minimum atomic E-state index is 0.108. The summed E-state index contributed by atoms with van der Waals surface area (Å²) < 4.78 is 11.4. The van der Waals surface area contributed by atoms with E-state index in [4.69, 9.17) is 9.47 Å². The van der Waals surface area contributed by atoms with Gasteiger partial charge in [0.1, 0.15) is 11.9 Å². The van der Waals surface area contributed by atoms with Crippen LogP contribution >= 0.6 is 0 Å². The Morgan fingerprint density at radius 2 is 1.71 bits per heavy atom. The second-order valence-electron chi connectivity index (χ2n) is 8.78. The monoisotopic (exact) mass is 422 g/mol. The first-order valence-corrected chi connectivity index (χ1v) is 11.5. The molecule has 0 radical (unpaired) electrons. The summed E-state index contributed by atoms with van der Waals surface area (Å²) in [5.41, 5.74) is 2.14. The van der Waals surface area contributed by atoms with Crippen LogP contribution in [0, 0.1) is 5.92 Å². The van der Waals surface area contributed by atoms with E-state index in [-0.39, 0.29) is 12.0 Å². The summed E-state index contributed by atoms with van der Waals surface area (Å²) in [4.78, 5) is 17.2. The molecule has 1 amide bonds. The van der Waals surface area contributed by atoms with Crippen molar-refractivity contribution in [3.8, 4) is 5.75 Å². The second-order valence-corrected chi connectivity index (χ2v) is 8.78. The van der Waals surface area contributed by atoms with Gasteiger partial charge in [0.25, 0.3) is 5.91 Å². The zero-order chi connectivity index (χ0) is 21.5. The third-order valence-electron chi connectivity index (χ3n) is 6.47. The zero-order valence-corrected chi connectivity index (χ0v) is 18.5. The van der Waals surface area contributed by atoms with Gasteiger partial charge in [0.05, 0.1) is 6.61 Å². The minimum Gasteiger partial charge on any atom is -0.490 e. The number of methoxy groups -OCH3 is 1. The van der Waals surface area contributed by atoms with Gasteiger partial charge in [-0.25, -0.2) is 0 Å². The second kappa shape index (κ2) is 10.8. The maximum absolute atomic E-state index is 12.7. The first kappa shape index (κ1) is 21.8. The highest BCUT2D eigenvalue weighted by Gasteiger charge is 2.27. The quantitative estimate of drug-likeness (QED) is 0.647. The van der Waals surface area contributed by atoms with Crippen LogP contribution in [0.15, 0.2) is 54.6 Å². The van der Waals surface area contributed by atoms with Gasteiger partial charge < -0.3 is 19.3 Å². The molecule has 0 aromatic heterocycles. The Balaban J connectivity index is 1.20. The molecule has 0 unspecified atom stereocenters. The standard InChI is InChI=1S/C26H34N2O3/c1-30-20-22-12-18-28(19-22)26(29)23-7-9-24(10-8-23)31-25-13-16-27(17-14-25)15-11-21-5-3-2-4-6-21/h2-10,22,25H,11-20H2,1H3/t22-/m1/s1. The molecular formula is C26H34N2O3. The van der Waals surface area contributed by atoms with Crippen molar-refractivity contribution in [2.75, 3.05) is 46.4 Å². The van der Waals surface area contributed by atoms with Gasteiger partial charge in [0.15, 0.2) is 0 Å². The SMILES string of the molecule is COC[C@@H]1CCN(C(=O)c2ccc(OC3CCN(CCc4ccccc4)CC3)cc2)C1. The number of amides is 1. The normalized spacial score (nSPS) is 20.2. The number of benzene rings is 2. The van der Waals surface area contributed by atoms with E-state index in [0.717, 1.165) is 76.3 Å². The highest BCUT2D eigenvalue weighted by molar-refractivity contribution is 5.94. The summed E-state index contributed by atoms with van der Waals surface area (Å²) in [5, 5.41) is 0.